The number of hydrogen-bond donors (Lipinski definition) is 1. The van der Waals surface area contributed by atoms with Crippen molar-refractivity contribution in [3.63, 3.8) is 0 Å². The van der Waals surface area contributed by atoms with Crippen molar-refractivity contribution in [3.8, 4) is 0 Å². The van der Waals surface area contributed by atoms with Gasteiger partial charge < -0.3 is 15.4 Å². The van der Waals surface area contributed by atoms with Gasteiger partial charge >= 0.3 is 5.82 Å². The molecule has 0 saturated heterocycles. The number of aryl methyl sites for hydroxylation is 2. The molecule has 158 valence electrons. The summed E-state index contributed by atoms with van der Waals surface area (Å²) in [5.41, 5.74) is 3.66. The van der Waals surface area contributed by atoms with E-state index in [1.165, 1.54) is 10.7 Å². The fraction of sp³-hybridized carbons (Fsp3) is 0.350. The second kappa shape index (κ2) is 8.66. The highest BCUT2D eigenvalue weighted by atomic mass is 35.5. The zero-order valence-corrected chi connectivity index (χ0v) is 18.0. The molecule has 0 radical (unpaired) electrons. The van der Waals surface area contributed by atoms with Gasteiger partial charge in [-0.05, 0) is 49.8 Å². The van der Waals surface area contributed by atoms with E-state index >= 15 is 0 Å². The number of nitrogens with one attached hydrogen (secondary N) is 1. The Balaban J connectivity index is 1.83. The Morgan fingerprint density at radius 1 is 1.27 bits per heavy atom. The largest absolute Gasteiger partial charge is 0.390 e. The Morgan fingerprint density at radius 3 is 2.60 bits per heavy atom. The van der Waals surface area contributed by atoms with Gasteiger partial charge in [-0.25, -0.2) is 0 Å². The maximum atomic E-state index is 13.0. The lowest BCUT2D eigenvalue weighted by atomic mass is 10.2. The molecule has 30 heavy (non-hydrogen) atoms. The van der Waals surface area contributed by atoms with E-state index in [1.807, 2.05) is 49.7 Å². The van der Waals surface area contributed by atoms with Gasteiger partial charge in [-0.15, -0.1) is 0 Å². The fourth-order valence-corrected chi connectivity index (χ4v) is 3.60. The molecule has 2 heterocycles. The first-order valence-corrected chi connectivity index (χ1v) is 9.88. The SMILES string of the molecule is CCC(C(=O)Nc1c(C)nn(Cc2cccc(Cl)c2)c1C)n1nc([N+](=O)[O-])cc1C. The quantitative estimate of drug-likeness (QED) is 0.446. The minimum Gasteiger partial charge on any atom is -0.358 e. The predicted octanol–water partition coefficient (Wildman–Crippen LogP) is 4.20. The van der Waals surface area contributed by atoms with Gasteiger partial charge in [0.05, 0.1) is 40.5 Å². The van der Waals surface area contributed by atoms with Crippen LogP contribution in [0.1, 0.15) is 42.0 Å². The van der Waals surface area contributed by atoms with Crippen LogP contribution in [-0.4, -0.2) is 30.4 Å². The first kappa shape index (κ1) is 21.5. The van der Waals surface area contributed by atoms with E-state index in [-0.39, 0.29) is 11.7 Å². The van der Waals surface area contributed by atoms with Crippen LogP contribution in [0.3, 0.4) is 0 Å². The van der Waals surface area contributed by atoms with Crippen LogP contribution in [0.4, 0.5) is 11.5 Å². The molecule has 0 saturated carbocycles. The van der Waals surface area contributed by atoms with E-state index in [2.05, 4.69) is 15.5 Å². The van der Waals surface area contributed by atoms with Crippen LogP contribution in [0.2, 0.25) is 5.02 Å². The summed E-state index contributed by atoms with van der Waals surface area (Å²) in [5, 5.41) is 23.1. The summed E-state index contributed by atoms with van der Waals surface area (Å²) < 4.78 is 3.20. The smallest absolute Gasteiger partial charge is 0.358 e. The molecule has 1 amide bonds. The summed E-state index contributed by atoms with van der Waals surface area (Å²) in [6.07, 6.45) is 0.431. The van der Waals surface area contributed by atoms with Gasteiger partial charge in [0.25, 0.3) is 5.91 Å². The lowest BCUT2D eigenvalue weighted by Gasteiger charge is -2.14. The standard InChI is InChI=1S/C20H23ClN6O3/c1-5-17(26-12(2)9-18(24-26)27(29)30)20(28)22-19-13(3)23-25(14(19)4)11-15-7-6-8-16(21)10-15/h6-10,17H,5,11H2,1-4H3,(H,22,28). The molecule has 10 heteroatoms. The number of hydrogen-bond acceptors (Lipinski definition) is 5. The van der Waals surface area contributed by atoms with Crippen LogP contribution in [-0.2, 0) is 11.3 Å². The molecule has 0 bridgehead atoms. The molecule has 3 aromatic rings. The molecule has 0 aliphatic carbocycles. The number of nitrogens with zero attached hydrogens (tertiary/aromatic N) is 5. The zero-order valence-electron chi connectivity index (χ0n) is 17.2. The highest BCUT2D eigenvalue weighted by Gasteiger charge is 2.28. The van der Waals surface area contributed by atoms with E-state index in [0.29, 0.717) is 35.1 Å². The van der Waals surface area contributed by atoms with Crippen LogP contribution in [0.15, 0.2) is 30.3 Å². The van der Waals surface area contributed by atoms with E-state index in [0.717, 1.165) is 11.3 Å². The normalized spacial score (nSPS) is 12.0. The first-order chi connectivity index (χ1) is 14.2. The zero-order chi connectivity index (χ0) is 22.0. The number of aromatic nitrogens is 4. The summed E-state index contributed by atoms with van der Waals surface area (Å²) in [7, 11) is 0. The van der Waals surface area contributed by atoms with Gasteiger partial charge in [-0.2, -0.15) is 9.78 Å². The Labute approximate surface area is 178 Å². The Bertz CT molecular complexity index is 1100. The second-order valence-electron chi connectivity index (χ2n) is 7.09. The molecule has 1 aromatic carbocycles. The monoisotopic (exact) mass is 430 g/mol. The molecule has 2 aromatic heterocycles. The van der Waals surface area contributed by atoms with Crippen molar-refractivity contribution in [2.45, 2.75) is 46.7 Å². The van der Waals surface area contributed by atoms with Crippen molar-refractivity contribution >= 4 is 29.0 Å². The minimum atomic E-state index is -0.672. The maximum Gasteiger partial charge on any atom is 0.390 e. The van der Waals surface area contributed by atoms with Crippen LogP contribution in [0.25, 0.3) is 0 Å². The third kappa shape index (κ3) is 4.35. The third-order valence-corrected chi connectivity index (χ3v) is 5.17. The van der Waals surface area contributed by atoms with Crippen molar-refractivity contribution < 1.29 is 9.72 Å². The molecule has 3 rings (SSSR count). The lowest BCUT2D eigenvalue weighted by molar-refractivity contribution is -0.389. The van der Waals surface area contributed by atoms with E-state index in [1.54, 1.807) is 6.92 Å². The van der Waals surface area contributed by atoms with Crippen molar-refractivity contribution in [2.75, 3.05) is 5.32 Å². The van der Waals surface area contributed by atoms with Crippen LogP contribution >= 0.6 is 11.6 Å². The fourth-order valence-electron chi connectivity index (χ4n) is 3.39. The van der Waals surface area contributed by atoms with Crippen molar-refractivity contribution in [1.82, 2.24) is 19.6 Å². The van der Waals surface area contributed by atoms with Crippen LogP contribution in [0.5, 0.6) is 0 Å². The lowest BCUT2D eigenvalue weighted by Crippen LogP contribution is -2.27. The topological polar surface area (TPSA) is 108 Å². The Kier molecular flexibility index (Phi) is 6.21. The third-order valence-electron chi connectivity index (χ3n) is 4.93. The molecule has 0 spiro atoms. The van der Waals surface area contributed by atoms with Gasteiger partial charge in [0.2, 0.25) is 0 Å². The van der Waals surface area contributed by atoms with Crippen LogP contribution < -0.4 is 5.32 Å². The predicted molar refractivity (Wildman–Crippen MR) is 114 cm³/mol. The second-order valence-corrected chi connectivity index (χ2v) is 7.53. The highest BCUT2D eigenvalue weighted by molar-refractivity contribution is 6.30. The molecule has 1 unspecified atom stereocenters. The van der Waals surface area contributed by atoms with Gasteiger partial charge in [0.1, 0.15) is 0 Å². The Hall–Kier alpha value is -3.20. The summed E-state index contributed by atoms with van der Waals surface area (Å²) in [4.78, 5) is 23.4. The number of halogens is 1. The van der Waals surface area contributed by atoms with E-state index < -0.39 is 11.0 Å². The molecule has 0 aliphatic heterocycles. The Morgan fingerprint density at radius 2 is 2.00 bits per heavy atom. The number of carbonyl (C=O) groups is 1. The number of carbonyl (C=O) groups excluding carboxylic acids is 1. The average molecular weight is 431 g/mol. The van der Waals surface area contributed by atoms with Gasteiger partial charge in [0, 0.05) is 5.02 Å². The van der Waals surface area contributed by atoms with E-state index in [4.69, 9.17) is 11.6 Å². The van der Waals surface area contributed by atoms with Gasteiger partial charge in [-0.3, -0.25) is 9.48 Å². The number of amides is 1. The van der Waals surface area contributed by atoms with Crippen molar-refractivity contribution in [3.05, 3.63) is 68.1 Å². The molecule has 0 fully saturated rings. The number of nitro groups is 1. The summed E-state index contributed by atoms with van der Waals surface area (Å²) >= 11 is 6.06. The maximum absolute atomic E-state index is 13.0. The summed E-state index contributed by atoms with van der Waals surface area (Å²) in [6, 6.07) is 8.20. The molecule has 9 nitrogen and oxygen atoms in total. The van der Waals surface area contributed by atoms with Crippen molar-refractivity contribution in [2.24, 2.45) is 0 Å². The minimum absolute atomic E-state index is 0.277. The summed E-state index contributed by atoms with van der Waals surface area (Å²) in [6.45, 7) is 7.74. The first-order valence-electron chi connectivity index (χ1n) is 9.51. The molecular formula is C20H23ClN6O3. The molecule has 1 N–H and O–H groups in total. The van der Waals surface area contributed by atoms with E-state index in [9.17, 15) is 14.9 Å². The molecular weight excluding hydrogens is 408 g/mol. The molecule has 0 aliphatic rings. The highest BCUT2D eigenvalue weighted by Crippen LogP contribution is 2.25. The van der Waals surface area contributed by atoms with Gasteiger partial charge in [0.15, 0.2) is 6.04 Å². The average Bonchev–Trinajstić information content (AvgIpc) is 3.18. The summed E-state index contributed by atoms with van der Waals surface area (Å²) in [5.74, 6) is -0.576. The number of rotatable bonds is 7. The number of anilines is 1. The number of benzene rings is 1. The van der Waals surface area contributed by atoms with Crippen molar-refractivity contribution in [1.29, 1.82) is 0 Å². The van der Waals surface area contributed by atoms with Gasteiger partial charge in [-0.1, -0.05) is 30.7 Å². The van der Waals surface area contributed by atoms with Crippen LogP contribution in [0, 0.1) is 30.9 Å². The molecule has 1 atom stereocenters.